The molecule has 0 saturated heterocycles. The maximum Gasteiger partial charge on any atom is 0.289 e. The van der Waals surface area contributed by atoms with Gasteiger partial charge in [0.1, 0.15) is 18.2 Å². The minimum absolute atomic E-state index is 0.0187. The Morgan fingerprint density at radius 1 is 1.27 bits per heavy atom. The molecule has 118 valence electrons. The number of ether oxygens (including phenoxy) is 1. The van der Waals surface area contributed by atoms with E-state index >= 15 is 0 Å². The third-order valence-corrected chi connectivity index (χ3v) is 3.30. The fourth-order valence-electron chi connectivity index (χ4n) is 1.82. The van der Waals surface area contributed by atoms with Crippen LogP contribution in [0.2, 0.25) is 5.02 Å². The first-order valence-corrected chi connectivity index (χ1v) is 6.93. The summed E-state index contributed by atoms with van der Waals surface area (Å²) in [5, 5.41) is 3.80. The second kappa shape index (κ2) is 6.04. The van der Waals surface area contributed by atoms with Crippen molar-refractivity contribution in [1.82, 2.24) is 9.78 Å². The summed E-state index contributed by atoms with van der Waals surface area (Å²) in [5.74, 6) is -1.48. The lowest BCUT2D eigenvalue weighted by Crippen LogP contribution is -2.36. The third kappa shape index (κ3) is 3.27. The van der Waals surface area contributed by atoms with Crippen LogP contribution < -0.4 is 10.3 Å². The Labute approximate surface area is 131 Å². The van der Waals surface area contributed by atoms with Gasteiger partial charge in [0.2, 0.25) is 0 Å². The predicted molar refractivity (Wildman–Crippen MR) is 79.2 cm³/mol. The van der Waals surface area contributed by atoms with E-state index in [4.69, 9.17) is 16.3 Å². The molecule has 0 atom stereocenters. The van der Waals surface area contributed by atoms with Crippen LogP contribution in [0.3, 0.4) is 0 Å². The lowest BCUT2D eigenvalue weighted by atomic mass is 10.1. The molecule has 0 fully saturated rings. The Hall–Kier alpha value is -1.95. The zero-order chi connectivity index (χ0) is 16.5. The summed E-state index contributed by atoms with van der Waals surface area (Å²) in [5.41, 5.74) is -1.31. The largest absolute Gasteiger partial charge is 0.485 e. The van der Waals surface area contributed by atoms with Crippen LogP contribution in [0.5, 0.6) is 5.75 Å². The minimum Gasteiger partial charge on any atom is -0.485 e. The van der Waals surface area contributed by atoms with Gasteiger partial charge in [0.25, 0.3) is 5.56 Å². The van der Waals surface area contributed by atoms with Crippen LogP contribution in [0.4, 0.5) is 8.78 Å². The maximum absolute atomic E-state index is 13.5. The quantitative estimate of drug-likeness (QED) is 0.866. The molecule has 0 radical (unpaired) electrons. The molecular formula is C15H15ClF2N2O2. The van der Waals surface area contributed by atoms with E-state index in [-0.39, 0.29) is 16.3 Å². The number of rotatable bonds is 3. The van der Waals surface area contributed by atoms with E-state index in [0.717, 1.165) is 12.1 Å². The molecule has 0 saturated carbocycles. The summed E-state index contributed by atoms with van der Waals surface area (Å²) in [6.07, 6.45) is 1.26. The molecule has 0 N–H and O–H groups in total. The van der Waals surface area contributed by atoms with Crippen molar-refractivity contribution in [2.75, 3.05) is 0 Å². The van der Waals surface area contributed by atoms with Crippen LogP contribution in [-0.4, -0.2) is 9.78 Å². The molecule has 7 heteroatoms. The molecule has 0 amide bonds. The van der Waals surface area contributed by atoms with Crippen molar-refractivity contribution < 1.29 is 13.5 Å². The van der Waals surface area contributed by atoms with E-state index in [1.807, 2.05) is 0 Å². The van der Waals surface area contributed by atoms with Gasteiger partial charge in [0, 0.05) is 0 Å². The van der Waals surface area contributed by atoms with Gasteiger partial charge in [-0.25, -0.2) is 13.5 Å². The van der Waals surface area contributed by atoms with Crippen LogP contribution in [-0.2, 0) is 12.1 Å². The van der Waals surface area contributed by atoms with E-state index < -0.39 is 29.3 Å². The monoisotopic (exact) mass is 328 g/mol. The van der Waals surface area contributed by atoms with Gasteiger partial charge in [-0.1, -0.05) is 17.7 Å². The van der Waals surface area contributed by atoms with Crippen molar-refractivity contribution in [3.63, 3.8) is 0 Å². The molecule has 4 nitrogen and oxygen atoms in total. The smallest absolute Gasteiger partial charge is 0.289 e. The number of benzene rings is 1. The van der Waals surface area contributed by atoms with E-state index in [1.165, 1.54) is 16.9 Å². The van der Waals surface area contributed by atoms with E-state index in [9.17, 15) is 13.6 Å². The average Bonchev–Trinajstić information content (AvgIpc) is 2.41. The third-order valence-electron chi connectivity index (χ3n) is 2.96. The number of halogens is 3. The standard InChI is InChI=1S/C15H15ClF2N2O2/c1-15(2,3)20-14(21)13(16)12(7-19-20)22-8-9-10(17)5-4-6-11(9)18/h4-7H,8H2,1-3H3. The summed E-state index contributed by atoms with van der Waals surface area (Å²) in [4.78, 5) is 12.1. The first-order valence-electron chi connectivity index (χ1n) is 6.56. The molecule has 0 unspecified atom stereocenters. The lowest BCUT2D eigenvalue weighted by Gasteiger charge is -2.21. The van der Waals surface area contributed by atoms with Gasteiger partial charge < -0.3 is 4.74 Å². The molecule has 0 aliphatic rings. The van der Waals surface area contributed by atoms with Crippen molar-refractivity contribution >= 4 is 11.6 Å². The highest BCUT2D eigenvalue weighted by Gasteiger charge is 2.20. The van der Waals surface area contributed by atoms with Crippen molar-refractivity contribution in [3.05, 3.63) is 57.0 Å². The summed E-state index contributed by atoms with van der Waals surface area (Å²) in [6.45, 7) is 5.01. The molecule has 1 aromatic heterocycles. The fourth-order valence-corrected chi connectivity index (χ4v) is 2.00. The molecule has 1 heterocycles. The molecule has 0 aliphatic carbocycles. The normalized spacial score (nSPS) is 11.5. The minimum atomic E-state index is -0.730. The zero-order valence-corrected chi connectivity index (χ0v) is 13.1. The Balaban J connectivity index is 2.29. The second-order valence-corrected chi connectivity index (χ2v) is 6.08. The first kappa shape index (κ1) is 16.4. The molecular weight excluding hydrogens is 314 g/mol. The molecule has 0 spiro atoms. The van der Waals surface area contributed by atoms with Crippen molar-refractivity contribution in [1.29, 1.82) is 0 Å². The fraction of sp³-hybridized carbons (Fsp3) is 0.333. The van der Waals surface area contributed by atoms with Gasteiger partial charge in [-0.3, -0.25) is 4.79 Å². The Bertz CT molecular complexity index is 734. The van der Waals surface area contributed by atoms with Crippen molar-refractivity contribution in [2.45, 2.75) is 32.9 Å². The van der Waals surface area contributed by atoms with E-state index in [0.29, 0.717) is 0 Å². The summed E-state index contributed by atoms with van der Waals surface area (Å²) in [7, 11) is 0. The number of hydrogen-bond acceptors (Lipinski definition) is 3. The topological polar surface area (TPSA) is 44.1 Å². The van der Waals surface area contributed by atoms with Gasteiger partial charge in [-0.2, -0.15) is 5.10 Å². The Morgan fingerprint density at radius 2 is 1.86 bits per heavy atom. The average molecular weight is 329 g/mol. The number of aromatic nitrogens is 2. The molecule has 2 aromatic rings. The highest BCUT2D eigenvalue weighted by molar-refractivity contribution is 6.31. The highest BCUT2D eigenvalue weighted by atomic mass is 35.5. The Morgan fingerprint density at radius 3 is 2.41 bits per heavy atom. The van der Waals surface area contributed by atoms with Crippen LogP contribution in [0, 0.1) is 11.6 Å². The first-order chi connectivity index (χ1) is 10.2. The predicted octanol–water partition coefficient (Wildman–Crippen LogP) is 3.51. The van der Waals surface area contributed by atoms with Gasteiger partial charge in [0.05, 0.1) is 17.3 Å². The van der Waals surface area contributed by atoms with Gasteiger partial charge >= 0.3 is 0 Å². The summed E-state index contributed by atoms with van der Waals surface area (Å²) in [6, 6.07) is 3.51. The number of nitrogens with zero attached hydrogens (tertiary/aromatic N) is 2. The lowest BCUT2D eigenvalue weighted by molar-refractivity contribution is 0.282. The SMILES string of the molecule is CC(C)(C)n1ncc(OCc2c(F)cccc2F)c(Cl)c1=O. The number of hydrogen-bond donors (Lipinski definition) is 0. The maximum atomic E-state index is 13.5. The molecule has 0 bridgehead atoms. The van der Waals surface area contributed by atoms with E-state index in [2.05, 4.69) is 5.10 Å². The van der Waals surface area contributed by atoms with Crippen molar-refractivity contribution in [3.8, 4) is 5.75 Å². The van der Waals surface area contributed by atoms with Crippen LogP contribution in [0.15, 0.2) is 29.2 Å². The van der Waals surface area contributed by atoms with E-state index in [1.54, 1.807) is 20.8 Å². The van der Waals surface area contributed by atoms with Gasteiger partial charge in [-0.05, 0) is 32.9 Å². The summed E-state index contributed by atoms with van der Waals surface area (Å²) < 4.78 is 33.5. The van der Waals surface area contributed by atoms with Gasteiger partial charge in [0.15, 0.2) is 10.8 Å². The van der Waals surface area contributed by atoms with Gasteiger partial charge in [-0.15, -0.1) is 0 Å². The van der Waals surface area contributed by atoms with Crippen LogP contribution in [0.25, 0.3) is 0 Å². The Kier molecular flexibility index (Phi) is 4.51. The molecule has 22 heavy (non-hydrogen) atoms. The zero-order valence-electron chi connectivity index (χ0n) is 12.4. The molecule has 1 aromatic carbocycles. The molecule has 0 aliphatic heterocycles. The highest BCUT2D eigenvalue weighted by Crippen LogP contribution is 2.23. The van der Waals surface area contributed by atoms with Crippen LogP contribution >= 0.6 is 11.6 Å². The molecule has 2 rings (SSSR count). The second-order valence-electron chi connectivity index (χ2n) is 5.70. The van der Waals surface area contributed by atoms with Crippen molar-refractivity contribution in [2.24, 2.45) is 0 Å². The van der Waals surface area contributed by atoms with Crippen LogP contribution in [0.1, 0.15) is 26.3 Å². The summed E-state index contributed by atoms with van der Waals surface area (Å²) >= 11 is 5.96.